The molecule has 2 aromatic carbocycles. The van der Waals surface area contributed by atoms with Gasteiger partial charge in [0.2, 0.25) is 10.0 Å². The van der Waals surface area contributed by atoms with Gasteiger partial charge in [0.05, 0.1) is 17.0 Å². The minimum Gasteiger partial charge on any atom is -0.339 e. The fourth-order valence-corrected chi connectivity index (χ4v) is 4.69. The van der Waals surface area contributed by atoms with E-state index in [1.165, 1.54) is 28.4 Å². The number of nitrogens with zero attached hydrogens (tertiary/aromatic N) is 2. The zero-order valence-corrected chi connectivity index (χ0v) is 18.2. The lowest BCUT2D eigenvalue weighted by Gasteiger charge is -2.21. The lowest BCUT2D eigenvalue weighted by atomic mass is 10.1. The molecule has 1 aliphatic rings. The number of benzene rings is 2. The van der Waals surface area contributed by atoms with Crippen molar-refractivity contribution in [2.45, 2.75) is 11.4 Å². The number of sulfonamides is 1. The van der Waals surface area contributed by atoms with Crippen LogP contribution in [0, 0.1) is 0 Å². The minimum atomic E-state index is -3.82. The smallest absolute Gasteiger partial charge is 0.278 e. The largest absolute Gasteiger partial charge is 0.339 e. The molecule has 0 spiro atoms. The second-order valence-corrected chi connectivity index (χ2v) is 9.49. The van der Waals surface area contributed by atoms with Crippen molar-refractivity contribution in [1.82, 2.24) is 4.90 Å². The predicted octanol–water partition coefficient (Wildman–Crippen LogP) is 2.81. The molecule has 0 atom stereocenters. The van der Waals surface area contributed by atoms with E-state index >= 15 is 0 Å². The number of amides is 2. The van der Waals surface area contributed by atoms with Crippen LogP contribution in [0.3, 0.4) is 0 Å². The molecule has 158 valence electrons. The van der Waals surface area contributed by atoms with Crippen LogP contribution in [0.5, 0.6) is 0 Å². The SMILES string of the molecule is CN(C1=C(c2cccs2)C(=O)N(Cc2ccc(S(N)(=O)=O)cc2)C1=O)c1ccccc1. The van der Waals surface area contributed by atoms with Crippen molar-refractivity contribution in [3.05, 3.63) is 88.2 Å². The fourth-order valence-electron chi connectivity index (χ4n) is 3.41. The summed E-state index contributed by atoms with van der Waals surface area (Å²) < 4.78 is 22.9. The van der Waals surface area contributed by atoms with Crippen LogP contribution in [0.15, 0.2) is 82.7 Å². The highest BCUT2D eigenvalue weighted by atomic mass is 32.2. The number of carbonyl (C=O) groups excluding carboxylic acids is 2. The van der Waals surface area contributed by atoms with Gasteiger partial charge in [-0.1, -0.05) is 36.4 Å². The first-order valence-electron chi connectivity index (χ1n) is 9.32. The van der Waals surface area contributed by atoms with Crippen LogP contribution < -0.4 is 10.0 Å². The maximum Gasteiger partial charge on any atom is 0.278 e. The summed E-state index contributed by atoms with van der Waals surface area (Å²) in [5.41, 5.74) is 2.06. The molecule has 0 fully saturated rings. The van der Waals surface area contributed by atoms with Gasteiger partial charge in [-0.2, -0.15) is 0 Å². The summed E-state index contributed by atoms with van der Waals surface area (Å²) in [6.45, 7) is 0.0174. The molecule has 0 aliphatic carbocycles. The number of thiophene rings is 1. The van der Waals surface area contributed by atoms with Crippen LogP contribution in [0.4, 0.5) is 5.69 Å². The first kappa shape index (κ1) is 21.0. The Hall–Kier alpha value is -3.27. The zero-order chi connectivity index (χ0) is 22.2. The molecule has 7 nitrogen and oxygen atoms in total. The predicted molar refractivity (Wildman–Crippen MR) is 119 cm³/mol. The van der Waals surface area contributed by atoms with E-state index < -0.39 is 15.9 Å². The Morgan fingerprint density at radius 1 is 0.935 bits per heavy atom. The molecule has 4 rings (SSSR count). The summed E-state index contributed by atoms with van der Waals surface area (Å²) in [6.07, 6.45) is 0. The lowest BCUT2D eigenvalue weighted by molar-refractivity contribution is -0.137. The van der Waals surface area contributed by atoms with Gasteiger partial charge in [-0.05, 0) is 41.3 Å². The normalized spacial score (nSPS) is 14.5. The van der Waals surface area contributed by atoms with E-state index in [1.54, 1.807) is 24.1 Å². The van der Waals surface area contributed by atoms with Gasteiger partial charge in [-0.15, -0.1) is 11.3 Å². The molecule has 2 amide bonds. The van der Waals surface area contributed by atoms with Crippen LogP contribution in [0.1, 0.15) is 10.4 Å². The zero-order valence-electron chi connectivity index (χ0n) is 16.6. The number of primary sulfonamides is 1. The maximum absolute atomic E-state index is 13.4. The van der Waals surface area contributed by atoms with Crippen LogP contribution in [0.2, 0.25) is 0 Å². The Morgan fingerprint density at radius 2 is 1.61 bits per heavy atom. The van der Waals surface area contributed by atoms with Crippen LogP contribution >= 0.6 is 11.3 Å². The number of para-hydroxylation sites is 1. The standard InChI is InChI=1S/C22H19N3O4S2/c1-24(16-6-3-2-4-7-16)20-19(18-8-5-13-30-18)21(26)25(22(20)27)14-15-9-11-17(12-10-15)31(23,28)29/h2-13H,14H2,1H3,(H2,23,28,29). The number of rotatable bonds is 6. The van der Waals surface area contributed by atoms with Gasteiger partial charge in [-0.25, -0.2) is 13.6 Å². The summed E-state index contributed by atoms with van der Waals surface area (Å²) in [5, 5.41) is 6.99. The van der Waals surface area contributed by atoms with E-state index in [0.29, 0.717) is 21.7 Å². The number of hydrogen-bond donors (Lipinski definition) is 1. The van der Waals surface area contributed by atoms with Crippen molar-refractivity contribution in [1.29, 1.82) is 0 Å². The molecule has 0 saturated carbocycles. The van der Waals surface area contributed by atoms with Gasteiger partial charge < -0.3 is 4.90 Å². The van der Waals surface area contributed by atoms with E-state index in [0.717, 1.165) is 5.69 Å². The molecule has 3 aromatic rings. The highest BCUT2D eigenvalue weighted by Crippen LogP contribution is 2.36. The number of likely N-dealkylation sites (N-methyl/N-ethyl adjacent to an activating group) is 1. The number of carbonyl (C=O) groups is 2. The monoisotopic (exact) mass is 453 g/mol. The summed E-state index contributed by atoms with van der Waals surface area (Å²) in [5.74, 6) is -0.795. The Bertz CT molecular complexity index is 1270. The van der Waals surface area contributed by atoms with Crippen molar-refractivity contribution in [3.63, 3.8) is 0 Å². The molecule has 0 bridgehead atoms. The summed E-state index contributed by atoms with van der Waals surface area (Å²) in [6, 6.07) is 18.8. The van der Waals surface area contributed by atoms with E-state index in [-0.39, 0.29) is 17.3 Å². The van der Waals surface area contributed by atoms with Gasteiger partial charge in [0, 0.05) is 17.6 Å². The molecule has 0 radical (unpaired) electrons. The van der Waals surface area contributed by atoms with Gasteiger partial charge >= 0.3 is 0 Å². The second-order valence-electron chi connectivity index (χ2n) is 6.98. The van der Waals surface area contributed by atoms with Crippen molar-refractivity contribution < 1.29 is 18.0 Å². The van der Waals surface area contributed by atoms with Crippen molar-refractivity contribution in [2.24, 2.45) is 5.14 Å². The third-order valence-corrected chi connectivity index (χ3v) is 6.80. The number of imide groups is 1. The third kappa shape index (κ3) is 4.02. The first-order valence-corrected chi connectivity index (χ1v) is 11.7. The summed E-state index contributed by atoms with van der Waals surface area (Å²) in [7, 11) is -2.06. The van der Waals surface area contributed by atoms with Crippen LogP contribution in [-0.2, 0) is 26.2 Å². The van der Waals surface area contributed by atoms with E-state index in [4.69, 9.17) is 5.14 Å². The van der Waals surface area contributed by atoms with Crippen LogP contribution in [0.25, 0.3) is 5.57 Å². The lowest BCUT2D eigenvalue weighted by Crippen LogP contribution is -2.33. The molecular formula is C22H19N3O4S2. The average Bonchev–Trinajstić information content (AvgIpc) is 3.36. The quantitative estimate of drug-likeness (QED) is 0.579. The number of hydrogen-bond acceptors (Lipinski definition) is 6. The van der Waals surface area contributed by atoms with Gasteiger partial charge in [0.25, 0.3) is 11.8 Å². The third-order valence-electron chi connectivity index (χ3n) is 4.98. The van der Waals surface area contributed by atoms with Gasteiger partial charge in [0.1, 0.15) is 5.70 Å². The molecular weight excluding hydrogens is 434 g/mol. The first-order chi connectivity index (χ1) is 14.8. The minimum absolute atomic E-state index is 0.0174. The van der Waals surface area contributed by atoms with Crippen molar-refractivity contribution >= 4 is 44.4 Å². The topological polar surface area (TPSA) is 101 Å². The molecule has 2 N–H and O–H groups in total. The Balaban J connectivity index is 1.70. The summed E-state index contributed by atoms with van der Waals surface area (Å²) >= 11 is 1.39. The molecule has 1 aliphatic heterocycles. The number of nitrogens with two attached hydrogens (primary N) is 1. The second kappa shape index (κ2) is 8.10. The molecule has 0 saturated heterocycles. The molecule has 0 unspecified atom stereocenters. The molecule has 1 aromatic heterocycles. The van der Waals surface area contributed by atoms with E-state index in [2.05, 4.69) is 0 Å². The highest BCUT2D eigenvalue weighted by molar-refractivity contribution is 7.89. The highest BCUT2D eigenvalue weighted by Gasteiger charge is 2.41. The van der Waals surface area contributed by atoms with Crippen molar-refractivity contribution in [3.8, 4) is 0 Å². The summed E-state index contributed by atoms with van der Waals surface area (Å²) in [4.78, 5) is 30.2. The van der Waals surface area contributed by atoms with E-state index in [9.17, 15) is 18.0 Å². The molecule has 2 heterocycles. The molecule has 31 heavy (non-hydrogen) atoms. The van der Waals surface area contributed by atoms with E-state index in [1.807, 2.05) is 47.8 Å². The number of anilines is 1. The molecule has 9 heteroatoms. The van der Waals surface area contributed by atoms with Crippen molar-refractivity contribution in [2.75, 3.05) is 11.9 Å². The fraction of sp³-hybridized carbons (Fsp3) is 0.0909. The van der Waals surface area contributed by atoms with Crippen LogP contribution in [-0.4, -0.2) is 32.2 Å². The Labute approximate surface area is 184 Å². The maximum atomic E-state index is 13.4. The Morgan fingerprint density at radius 3 is 2.19 bits per heavy atom. The van der Waals surface area contributed by atoms with Gasteiger partial charge in [-0.3, -0.25) is 14.5 Å². The van der Waals surface area contributed by atoms with Gasteiger partial charge in [0.15, 0.2) is 0 Å². The Kier molecular flexibility index (Phi) is 5.48. The average molecular weight is 454 g/mol.